The summed E-state index contributed by atoms with van der Waals surface area (Å²) in [6.45, 7) is 6.72. The number of hydrogen-bond acceptors (Lipinski definition) is 4. The highest BCUT2D eigenvalue weighted by Gasteiger charge is 2.65. The zero-order valence-corrected chi connectivity index (χ0v) is 17.9. The number of carbonyl (C=O) groups excluding carboxylic acids is 2. The van der Waals surface area contributed by atoms with E-state index in [1.54, 1.807) is 18.7 Å². The van der Waals surface area contributed by atoms with E-state index in [1.165, 1.54) is 18.4 Å². The second-order valence-corrected chi connectivity index (χ2v) is 11.3. The van der Waals surface area contributed by atoms with Gasteiger partial charge >= 0.3 is 0 Å². The number of allylic oxidation sites excluding steroid dienone is 1. The second-order valence-electron chi connectivity index (χ2n) is 9.92. The fourth-order valence-corrected chi connectivity index (χ4v) is 9.18. The predicted octanol–water partition coefficient (Wildman–Crippen LogP) is 4.57. The summed E-state index contributed by atoms with van der Waals surface area (Å²) >= 11 is 1.73. The molecule has 3 nitrogen and oxygen atoms in total. The van der Waals surface area contributed by atoms with Gasteiger partial charge in [0, 0.05) is 12.2 Å². The lowest BCUT2D eigenvalue weighted by atomic mass is 9.46. The number of fused-ring (bicyclic) bond motifs is 5. The van der Waals surface area contributed by atoms with Crippen molar-refractivity contribution in [3.05, 3.63) is 11.6 Å². The summed E-state index contributed by atoms with van der Waals surface area (Å²) in [5, 5.41) is 9.41. The quantitative estimate of drug-likeness (QED) is 0.764. The zero-order chi connectivity index (χ0) is 19.4. The largest absolute Gasteiger partial charge is 0.396 e. The summed E-state index contributed by atoms with van der Waals surface area (Å²) in [5.41, 5.74) is 1.65. The maximum absolute atomic E-state index is 12.9. The van der Waals surface area contributed by atoms with Crippen molar-refractivity contribution in [1.82, 2.24) is 0 Å². The third kappa shape index (κ3) is 2.65. The molecule has 0 bridgehead atoms. The highest BCUT2D eigenvalue weighted by atomic mass is 32.2. The Morgan fingerprint density at radius 3 is 2.59 bits per heavy atom. The molecule has 3 saturated carbocycles. The minimum atomic E-state index is -0.315. The molecule has 4 heteroatoms. The van der Waals surface area contributed by atoms with E-state index >= 15 is 0 Å². The van der Waals surface area contributed by atoms with Crippen LogP contribution in [0.1, 0.15) is 72.1 Å². The number of aliphatic hydroxyl groups excluding tert-OH is 1. The van der Waals surface area contributed by atoms with Crippen molar-refractivity contribution < 1.29 is 14.7 Å². The van der Waals surface area contributed by atoms with Crippen molar-refractivity contribution in [2.45, 2.75) is 76.9 Å². The summed E-state index contributed by atoms with van der Waals surface area (Å²) < 4.78 is -0.315. The van der Waals surface area contributed by atoms with Gasteiger partial charge in [0.05, 0.1) is 11.4 Å². The van der Waals surface area contributed by atoms with Crippen LogP contribution >= 0.6 is 11.8 Å². The normalized spacial score (nSPS) is 46.3. The summed E-state index contributed by atoms with van der Waals surface area (Å²) in [5.74, 6) is 3.23. The van der Waals surface area contributed by atoms with Crippen LogP contribution in [0, 0.1) is 28.6 Å². The number of Topliss-reactive ketones (excluding diaryl/α,β-unsaturated/α-hetero) is 1. The first-order chi connectivity index (χ1) is 12.8. The van der Waals surface area contributed by atoms with Gasteiger partial charge in [0.25, 0.3) is 0 Å². The minimum absolute atomic E-state index is 0.0436. The first-order valence-electron chi connectivity index (χ1n) is 10.8. The Morgan fingerprint density at radius 1 is 1.15 bits per heavy atom. The molecule has 0 aromatic rings. The van der Waals surface area contributed by atoms with Gasteiger partial charge in [0.1, 0.15) is 5.78 Å². The Hall–Kier alpha value is -0.610. The Bertz CT molecular complexity index is 685. The van der Waals surface area contributed by atoms with Gasteiger partial charge < -0.3 is 5.11 Å². The Balaban J connectivity index is 1.67. The molecule has 0 radical (unpaired) electrons. The van der Waals surface area contributed by atoms with Crippen LogP contribution in [0.5, 0.6) is 0 Å². The van der Waals surface area contributed by atoms with Crippen molar-refractivity contribution in [2.75, 3.05) is 12.4 Å². The first-order valence-corrected chi connectivity index (χ1v) is 11.8. The maximum atomic E-state index is 12.9. The molecular formula is C23H34O3S. The van der Waals surface area contributed by atoms with Crippen molar-refractivity contribution in [3.8, 4) is 0 Å². The van der Waals surface area contributed by atoms with Gasteiger partial charge in [-0.15, -0.1) is 11.8 Å². The molecule has 0 unspecified atom stereocenters. The van der Waals surface area contributed by atoms with E-state index in [9.17, 15) is 14.7 Å². The summed E-state index contributed by atoms with van der Waals surface area (Å²) in [7, 11) is 0. The van der Waals surface area contributed by atoms with Gasteiger partial charge in [0.2, 0.25) is 0 Å². The molecule has 0 saturated heterocycles. The van der Waals surface area contributed by atoms with E-state index in [-0.39, 0.29) is 22.2 Å². The molecule has 1 N–H and O–H groups in total. The fourth-order valence-electron chi connectivity index (χ4n) is 7.69. The minimum Gasteiger partial charge on any atom is -0.396 e. The molecule has 0 aliphatic heterocycles. The fraction of sp³-hybridized carbons (Fsp3) is 0.826. The number of thioether (sulfide) groups is 1. The lowest BCUT2D eigenvalue weighted by Crippen LogP contribution is -2.56. The van der Waals surface area contributed by atoms with Gasteiger partial charge in [-0.25, -0.2) is 0 Å². The maximum Gasteiger partial charge on any atom is 0.155 e. The molecule has 0 heterocycles. The highest BCUT2D eigenvalue weighted by Crippen LogP contribution is 2.70. The molecule has 3 fully saturated rings. The molecule has 0 aromatic heterocycles. The number of carbonyl (C=O) groups is 2. The van der Waals surface area contributed by atoms with E-state index in [2.05, 4.69) is 13.8 Å². The van der Waals surface area contributed by atoms with Crippen LogP contribution in [0.4, 0.5) is 0 Å². The lowest BCUT2D eigenvalue weighted by Gasteiger charge is -2.59. The molecule has 150 valence electrons. The van der Waals surface area contributed by atoms with Crippen LogP contribution in [0.25, 0.3) is 0 Å². The van der Waals surface area contributed by atoms with Gasteiger partial charge in [-0.05, 0) is 86.5 Å². The Kier molecular flexibility index (Phi) is 4.91. The average Bonchev–Trinajstić information content (AvgIpc) is 2.94. The number of rotatable bonds is 4. The van der Waals surface area contributed by atoms with E-state index in [0.29, 0.717) is 41.5 Å². The van der Waals surface area contributed by atoms with Crippen LogP contribution in [0.15, 0.2) is 11.6 Å². The van der Waals surface area contributed by atoms with Gasteiger partial charge in [-0.1, -0.05) is 19.4 Å². The van der Waals surface area contributed by atoms with Crippen molar-refractivity contribution in [1.29, 1.82) is 0 Å². The topological polar surface area (TPSA) is 54.4 Å². The summed E-state index contributed by atoms with van der Waals surface area (Å²) in [4.78, 5) is 24.8. The molecule has 0 spiro atoms. The standard InChI is InChI=1S/C23H34O3S/c1-15(25)23(27-13-12-24)11-8-20-18-5-4-16-14-17(26)6-9-21(16,2)19(18)7-10-22(20,23)3/h14,18-20,24H,4-13H2,1-3H3/t18-,19+,20+,21+,22+,23-/m1/s1. The van der Waals surface area contributed by atoms with Crippen LogP contribution in [-0.2, 0) is 9.59 Å². The SMILES string of the molecule is CC(=O)[C@]1(SCCO)CC[C@H]2[C@@H]3CCC4=CC(=O)CC[C@]4(C)[C@H]3CC[C@@]21C. The van der Waals surface area contributed by atoms with Crippen molar-refractivity contribution in [3.63, 3.8) is 0 Å². The predicted molar refractivity (Wildman–Crippen MR) is 110 cm³/mol. The van der Waals surface area contributed by atoms with Gasteiger partial charge in [-0.3, -0.25) is 9.59 Å². The van der Waals surface area contributed by atoms with Crippen LogP contribution in [0.3, 0.4) is 0 Å². The van der Waals surface area contributed by atoms with Crippen LogP contribution in [-0.4, -0.2) is 33.8 Å². The van der Waals surface area contributed by atoms with Crippen molar-refractivity contribution in [2.24, 2.45) is 28.6 Å². The number of aliphatic hydroxyl groups is 1. The van der Waals surface area contributed by atoms with Crippen LogP contribution < -0.4 is 0 Å². The zero-order valence-electron chi connectivity index (χ0n) is 17.1. The monoisotopic (exact) mass is 390 g/mol. The highest BCUT2D eigenvalue weighted by molar-refractivity contribution is 8.01. The Labute approximate surface area is 167 Å². The molecule has 4 aliphatic rings. The molecule has 4 aliphatic carbocycles. The number of hydrogen-bond donors (Lipinski definition) is 1. The summed E-state index contributed by atoms with van der Waals surface area (Å²) in [6, 6.07) is 0. The van der Waals surface area contributed by atoms with E-state index in [1.807, 2.05) is 6.08 Å². The summed E-state index contributed by atoms with van der Waals surface area (Å²) in [6.07, 6.45) is 10.3. The van der Waals surface area contributed by atoms with E-state index in [0.717, 1.165) is 32.1 Å². The van der Waals surface area contributed by atoms with E-state index in [4.69, 9.17) is 0 Å². The molecule has 6 atom stereocenters. The van der Waals surface area contributed by atoms with E-state index < -0.39 is 0 Å². The van der Waals surface area contributed by atoms with Gasteiger partial charge in [-0.2, -0.15) is 0 Å². The molecule has 4 rings (SSSR count). The van der Waals surface area contributed by atoms with Crippen molar-refractivity contribution >= 4 is 23.3 Å². The molecule has 0 aromatic carbocycles. The number of ketones is 2. The second kappa shape index (κ2) is 6.73. The van der Waals surface area contributed by atoms with Crippen LogP contribution in [0.2, 0.25) is 0 Å². The third-order valence-electron chi connectivity index (χ3n) is 9.09. The smallest absolute Gasteiger partial charge is 0.155 e. The molecule has 27 heavy (non-hydrogen) atoms. The van der Waals surface area contributed by atoms with Gasteiger partial charge in [0.15, 0.2) is 5.78 Å². The molecule has 0 amide bonds. The molecular weight excluding hydrogens is 356 g/mol. The third-order valence-corrected chi connectivity index (χ3v) is 10.9. The first kappa shape index (κ1) is 19.7. The average molecular weight is 391 g/mol. The lowest BCUT2D eigenvalue weighted by molar-refractivity contribution is -0.125. The Morgan fingerprint density at radius 2 is 1.89 bits per heavy atom.